The lowest BCUT2D eigenvalue weighted by atomic mass is 10.3. The van der Waals surface area contributed by atoms with Crippen molar-refractivity contribution >= 4 is 5.91 Å². The van der Waals surface area contributed by atoms with E-state index in [1.165, 1.54) is 37.4 Å². The molecule has 0 radical (unpaired) electrons. The summed E-state index contributed by atoms with van der Waals surface area (Å²) in [6, 6.07) is 6.31. The smallest absolute Gasteiger partial charge is 0.275 e. The summed E-state index contributed by atoms with van der Waals surface area (Å²) in [5.74, 6) is -0.799. The summed E-state index contributed by atoms with van der Waals surface area (Å²) >= 11 is 0. The molecule has 6 nitrogen and oxygen atoms in total. The molecule has 1 heterocycles. The van der Waals surface area contributed by atoms with E-state index in [1.807, 2.05) is 0 Å². The SMILES string of the molecule is COc1cc(=O)n(-c2ccc(F)cc2)nc1C(=O)NC(C)C. The fourth-order valence-electron chi connectivity index (χ4n) is 1.85. The molecule has 0 spiro atoms. The van der Waals surface area contributed by atoms with Gasteiger partial charge in [-0.05, 0) is 38.1 Å². The topological polar surface area (TPSA) is 73.2 Å². The summed E-state index contributed by atoms with van der Waals surface area (Å²) < 4.78 is 19.0. The molecule has 2 aromatic rings. The van der Waals surface area contributed by atoms with Crippen LogP contribution in [0.25, 0.3) is 5.69 Å². The standard InChI is InChI=1S/C15H16FN3O3/c1-9(2)17-15(21)14-12(22-3)8-13(20)19(18-14)11-6-4-10(16)5-7-11/h4-9H,1-3H3,(H,17,21). The number of methoxy groups -OCH3 is 1. The number of nitrogens with one attached hydrogen (secondary N) is 1. The summed E-state index contributed by atoms with van der Waals surface area (Å²) in [5, 5.41) is 6.72. The van der Waals surface area contributed by atoms with E-state index < -0.39 is 17.3 Å². The first-order valence-corrected chi connectivity index (χ1v) is 6.67. The molecular formula is C15H16FN3O3. The van der Waals surface area contributed by atoms with Gasteiger partial charge in [0.2, 0.25) is 0 Å². The lowest BCUT2D eigenvalue weighted by Crippen LogP contribution is -2.33. The number of hydrogen-bond donors (Lipinski definition) is 1. The monoisotopic (exact) mass is 305 g/mol. The molecule has 0 aliphatic carbocycles. The molecule has 0 atom stereocenters. The zero-order chi connectivity index (χ0) is 16.3. The van der Waals surface area contributed by atoms with Crippen molar-refractivity contribution in [2.45, 2.75) is 19.9 Å². The van der Waals surface area contributed by atoms with Gasteiger partial charge >= 0.3 is 0 Å². The highest BCUT2D eigenvalue weighted by Gasteiger charge is 2.18. The molecule has 116 valence electrons. The van der Waals surface area contributed by atoms with Crippen LogP contribution in [0, 0.1) is 5.82 Å². The Morgan fingerprint density at radius 3 is 2.50 bits per heavy atom. The number of aromatic nitrogens is 2. The summed E-state index contributed by atoms with van der Waals surface area (Å²) in [7, 11) is 1.35. The second-order valence-electron chi connectivity index (χ2n) is 4.92. The molecule has 0 saturated heterocycles. The number of ether oxygens (including phenoxy) is 1. The van der Waals surface area contributed by atoms with Crippen molar-refractivity contribution < 1.29 is 13.9 Å². The minimum Gasteiger partial charge on any atom is -0.494 e. The zero-order valence-electron chi connectivity index (χ0n) is 12.5. The van der Waals surface area contributed by atoms with Gasteiger partial charge in [-0.1, -0.05) is 0 Å². The Balaban J connectivity index is 2.54. The normalized spacial score (nSPS) is 10.6. The maximum Gasteiger partial charge on any atom is 0.275 e. The highest BCUT2D eigenvalue weighted by molar-refractivity contribution is 5.94. The van der Waals surface area contributed by atoms with Gasteiger partial charge in [-0.15, -0.1) is 0 Å². The van der Waals surface area contributed by atoms with E-state index in [4.69, 9.17) is 4.74 Å². The van der Waals surface area contributed by atoms with Crippen LogP contribution in [0.5, 0.6) is 5.75 Å². The van der Waals surface area contributed by atoms with Gasteiger partial charge in [0, 0.05) is 6.04 Å². The molecule has 1 N–H and O–H groups in total. The number of nitrogens with zero attached hydrogens (tertiary/aromatic N) is 2. The molecule has 0 unspecified atom stereocenters. The molecule has 1 aromatic heterocycles. The number of rotatable bonds is 4. The minimum absolute atomic E-state index is 0.0138. The van der Waals surface area contributed by atoms with Crippen molar-refractivity contribution in [1.82, 2.24) is 15.1 Å². The van der Waals surface area contributed by atoms with Crippen LogP contribution >= 0.6 is 0 Å². The summed E-state index contributed by atoms with van der Waals surface area (Å²) in [6.45, 7) is 3.61. The van der Waals surface area contributed by atoms with E-state index in [-0.39, 0.29) is 17.5 Å². The van der Waals surface area contributed by atoms with Crippen molar-refractivity contribution in [3.8, 4) is 11.4 Å². The van der Waals surface area contributed by atoms with Crippen molar-refractivity contribution in [3.63, 3.8) is 0 Å². The molecule has 0 fully saturated rings. The van der Waals surface area contributed by atoms with E-state index in [1.54, 1.807) is 13.8 Å². The van der Waals surface area contributed by atoms with Gasteiger partial charge in [-0.2, -0.15) is 9.78 Å². The van der Waals surface area contributed by atoms with E-state index in [0.717, 1.165) is 4.68 Å². The molecule has 22 heavy (non-hydrogen) atoms. The van der Waals surface area contributed by atoms with E-state index in [9.17, 15) is 14.0 Å². The Hall–Kier alpha value is -2.70. The predicted molar refractivity (Wildman–Crippen MR) is 78.9 cm³/mol. The van der Waals surface area contributed by atoms with Crippen LogP contribution in [0.15, 0.2) is 35.1 Å². The maximum atomic E-state index is 13.0. The highest BCUT2D eigenvalue weighted by Crippen LogP contribution is 2.14. The number of carbonyl (C=O) groups is 1. The summed E-state index contributed by atoms with van der Waals surface area (Å²) in [4.78, 5) is 24.2. The molecule has 0 aliphatic heterocycles. The quantitative estimate of drug-likeness (QED) is 0.929. The van der Waals surface area contributed by atoms with Crippen LogP contribution in [0.2, 0.25) is 0 Å². The van der Waals surface area contributed by atoms with Crippen LogP contribution in [0.3, 0.4) is 0 Å². The van der Waals surface area contributed by atoms with Crippen LogP contribution in [0.1, 0.15) is 24.3 Å². The second kappa shape index (κ2) is 6.38. The number of hydrogen-bond acceptors (Lipinski definition) is 4. The highest BCUT2D eigenvalue weighted by atomic mass is 19.1. The van der Waals surface area contributed by atoms with Crippen molar-refractivity contribution in [2.24, 2.45) is 0 Å². The number of carbonyl (C=O) groups excluding carboxylic acids is 1. The first-order chi connectivity index (χ1) is 10.4. The Bertz CT molecular complexity index is 739. The second-order valence-corrected chi connectivity index (χ2v) is 4.92. The number of benzene rings is 1. The molecule has 2 rings (SSSR count). The summed E-state index contributed by atoms with van der Waals surface area (Å²) in [5.41, 5.74) is -0.141. The van der Waals surface area contributed by atoms with Gasteiger partial charge in [-0.3, -0.25) is 9.59 Å². The van der Waals surface area contributed by atoms with Crippen LogP contribution in [-0.2, 0) is 0 Å². The van der Waals surface area contributed by atoms with Gasteiger partial charge < -0.3 is 10.1 Å². The van der Waals surface area contributed by atoms with Crippen molar-refractivity contribution in [3.05, 3.63) is 52.2 Å². The van der Waals surface area contributed by atoms with Gasteiger partial charge in [0.25, 0.3) is 11.5 Å². The Kier molecular flexibility index (Phi) is 4.55. The molecule has 1 amide bonds. The fraction of sp³-hybridized carbons (Fsp3) is 0.267. The minimum atomic E-state index is -0.482. The molecule has 7 heteroatoms. The third-order valence-corrected chi connectivity index (χ3v) is 2.82. The molecule has 0 aliphatic rings. The van der Waals surface area contributed by atoms with Crippen molar-refractivity contribution in [1.29, 1.82) is 0 Å². The zero-order valence-corrected chi connectivity index (χ0v) is 12.5. The first kappa shape index (κ1) is 15.7. The third-order valence-electron chi connectivity index (χ3n) is 2.82. The largest absolute Gasteiger partial charge is 0.494 e. The Labute approximate surface area is 126 Å². The summed E-state index contributed by atoms with van der Waals surface area (Å²) in [6.07, 6.45) is 0. The Morgan fingerprint density at radius 1 is 1.32 bits per heavy atom. The first-order valence-electron chi connectivity index (χ1n) is 6.67. The molecular weight excluding hydrogens is 289 g/mol. The van der Waals surface area contributed by atoms with Gasteiger partial charge in [-0.25, -0.2) is 4.39 Å². The van der Waals surface area contributed by atoms with Crippen molar-refractivity contribution in [2.75, 3.05) is 7.11 Å². The predicted octanol–water partition coefficient (Wildman–Crippen LogP) is 1.52. The number of halogens is 1. The van der Waals surface area contributed by atoms with Crippen LogP contribution < -0.4 is 15.6 Å². The average molecular weight is 305 g/mol. The lowest BCUT2D eigenvalue weighted by Gasteiger charge is -2.12. The fourth-order valence-corrected chi connectivity index (χ4v) is 1.85. The number of amides is 1. The molecule has 1 aromatic carbocycles. The van der Waals surface area contributed by atoms with E-state index in [0.29, 0.717) is 5.69 Å². The maximum absolute atomic E-state index is 13.0. The van der Waals surface area contributed by atoms with Gasteiger partial charge in [0.1, 0.15) is 5.82 Å². The molecule has 0 bridgehead atoms. The van der Waals surface area contributed by atoms with E-state index >= 15 is 0 Å². The lowest BCUT2D eigenvalue weighted by molar-refractivity contribution is 0.0932. The van der Waals surface area contributed by atoms with Gasteiger partial charge in [0.15, 0.2) is 11.4 Å². The van der Waals surface area contributed by atoms with Crippen LogP contribution in [0.4, 0.5) is 4.39 Å². The molecule has 0 saturated carbocycles. The third kappa shape index (κ3) is 3.30. The Morgan fingerprint density at radius 2 is 1.95 bits per heavy atom. The van der Waals surface area contributed by atoms with Gasteiger partial charge in [0.05, 0.1) is 18.9 Å². The van der Waals surface area contributed by atoms with E-state index in [2.05, 4.69) is 10.4 Å². The average Bonchev–Trinajstić information content (AvgIpc) is 2.47. The van der Waals surface area contributed by atoms with Crippen LogP contribution in [-0.4, -0.2) is 28.8 Å².